The highest BCUT2D eigenvalue weighted by Crippen LogP contribution is 2.47. The molecule has 0 aromatic heterocycles. The predicted octanol–water partition coefficient (Wildman–Crippen LogP) is 3.08. The number of benzene rings is 2. The van der Waals surface area contributed by atoms with Gasteiger partial charge in [-0.25, -0.2) is 0 Å². The zero-order valence-corrected chi connectivity index (χ0v) is 14.2. The lowest BCUT2D eigenvalue weighted by Gasteiger charge is -2.23. The SMILES string of the molecule is COc1cc2c(c(OC)c1OC)C(=O)/C(=C/c1ccccc1O)CO2. The summed E-state index contributed by atoms with van der Waals surface area (Å²) in [7, 11) is 4.42. The second-order valence-electron chi connectivity index (χ2n) is 5.36. The molecule has 1 heterocycles. The van der Waals surface area contributed by atoms with Crippen molar-refractivity contribution in [2.45, 2.75) is 0 Å². The molecule has 0 unspecified atom stereocenters. The molecular formula is C19H18O6. The molecule has 2 aromatic carbocycles. The van der Waals surface area contributed by atoms with Crippen molar-refractivity contribution in [1.82, 2.24) is 0 Å². The van der Waals surface area contributed by atoms with Gasteiger partial charge in [-0.1, -0.05) is 18.2 Å². The number of phenols is 1. The van der Waals surface area contributed by atoms with Gasteiger partial charge in [-0.3, -0.25) is 4.79 Å². The summed E-state index contributed by atoms with van der Waals surface area (Å²) in [6, 6.07) is 8.37. The topological polar surface area (TPSA) is 74.2 Å². The maximum Gasteiger partial charge on any atom is 0.204 e. The molecule has 1 aliphatic rings. The lowest BCUT2D eigenvalue weighted by molar-refractivity contribution is 0.0996. The summed E-state index contributed by atoms with van der Waals surface area (Å²) < 4.78 is 21.7. The van der Waals surface area contributed by atoms with Crippen LogP contribution >= 0.6 is 0 Å². The van der Waals surface area contributed by atoms with Crippen molar-refractivity contribution in [3.63, 3.8) is 0 Å². The third-order valence-electron chi connectivity index (χ3n) is 3.96. The number of para-hydroxylation sites is 1. The summed E-state index contributed by atoms with van der Waals surface area (Å²) in [4.78, 5) is 13.0. The van der Waals surface area contributed by atoms with E-state index in [1.807, 2.05) is 0 Å². The van der Waals surface area contributed by atoms with Gasteiger partial charge in [-0.05, 0) is 12.1 Å². The molecule has 0 radical (unpaired) electrons. The molecule has 0 saturated heterocycles. The lowest BCUT2D eigenvalue weighted by atomic mass is 9.96. The highest BCUT2D eigenvalue weighted by atomic mass is 16.5. The fourth-order valence-corrected chi connectivity index (χ4v) is 2.75. The van der Waals surface area contributed by atoms with Crippen molar-refractivity contribution in [2.24, 2.45) is 0 Å². The fourth-order valence-electron chi connectivity index (χ4n) is 2.75. The van der Waals surface area contributed by atoms with Crippen LogP contribution in [0.25, 0.3) is 6.08 Å². The third kappa shape index (κ3) is 2.87. The van der Waals surface area contributed by atoms with Crippen molar-refractivity contribution >= 4 is 11.9 Å². The number of carbonyl (C=O) groups excluding carboxylic acids is 1. The summed E-state index contributed by atoms with van der Waals surface area (Å²) in [6.07, 6.45) is 1.61. The van der Waals surface area contributed by atoms with Crippen LogP contribution in [0.15, 0.2) is 35.9 Å². The second-order valence-corrected chi connectivity index (χ2v) is 5.36. The summed E-state index contributed by atoms with van der Waals surface area (Å²) in [5.41, 5.74) is 1.21. The van der Waals surface area contributed by atoms with Gasteiger partial charge in [0, 0.05) is 17.2 Å². The van der Waals surface area contributed by atoms with E-state index in [0.717, 1.165) is 0 Å². The first-order chi connectivity index (χ1) is 12.1. The van der Waals surface area contributed by atoms with Gasteiger partial charge < -0.3 is 24.1 Å². The van der Waals surface area contributed by atoms with Gasteiger partial charge in [0.1, 0.15) is 23.7 Å². The van der Waals surface area contributed by atoms with Crippen LogP contribution in [0.5, 0.6) is 28.7 Å². The van der Waals surface area contributed by atoms with E-state index in [2.05, 4.69) is 0 Å². The van der Waals surface area contributed by atoms with Gasteiger partial charge in [0.15, 0.2) is 17.3 Å². The van der Waals surface area contributed by atoms with Crippen LogP contribution in [0.3, 0.4) is 0 Å². The minimum absolute atomic E-state index is 0.0821. The predicted molar refractivity (Wildman–Crippen MR) is 92.0 cm³/mol. The third-order valence-corrected chi connectivity index (χ3v) is 3.96. The van der Waals surface area contributed by atoms with E-state index < -0.39 is 0 Å². The molecule has 2 aromatic rings. The van der Waals surface area contributed by atoms with Crippen molar-refractivity contribution in [2.75, 3.05) is 27.9 Å². The Bertz CT molecular complexity index is 853. The van der Waals surface area contributed by atoms with Gasteiger partial charge in [0.25, 0.3) is 0 Å². The largest absolute Gasteiger partial charge is 0.507 e. The van der Waals surface area contributed by atoms with Crippen molar-refractivity contribution in [3.8, 4) is 28.7 Å². The summed E-state index contributed by atoms with van der Waals surface area (Å²) in [6.45, 7) is 0.0821. The molecule has 1 N–H and O–H groups in total. The quantitative estimate of drug-likeness (QED) is 0.861. The molecule has 0 spiro atoms. The Kier molecular flexibility index (Phi) is 4.52. The minimum Gasteiger partial charge on any atom is -0.507 e. The van der Waals surface area contributed by atoms with Crippen LogP contribution in [0.1, 0.15) is 15.9 Å². The van der Waals surface area contributed by atoms with Crippen LogP contribution in [0.2, 0.25) is 0 Å². The standard InChI is InChI=1S/C19H18O6/c1-22-15-9-14-16(19(24-3)18(15)23-2)17(21)12(10-25-14)8-11-6-4-5-7-13(11)20/h4-9,20H,10H2,1-3H3/b12-8+. The van der Waals surface area contributed by atoms with Gasteiger partial charge in [-0.15, -0.1) is 0 Å². The zero-order chi connectivity index (χ0) is 18.0. The number of hydrogen-bond acceptors (Lipinski definition) is 6. The Hall–Kier alpha value is -3.15. The number of ketones is 1. The highest BCUT2D eigenvalue weighted by molar-refractivity contribution is 6.16. The van der Waals surface area contributed by atoms with Gasteiger partial charge >= 0.3 is 0 Å². The molecule has 6 nitrogen and oxygen atoms in total. The summed E-state index contributed by atoms with van der Waals surface area (Å²) in [5, 5.41) is 9.92. The molecule has 0 atom stereocenters. The Morgan fingerprint density at radius 3 is 2.44 bits per heavy atom. The van der Waals surface area contributed by atoms with Gasteiger partial charge in [0.2, 0.25) is 5.75 Å². The Morgan fingerprint density at radius 1 is 1.08 bits per heavy atom. The number of aromatic hydroxyl groups is 1. The average molecular weight is 342 g/mol. The van der Waals surface area contributed by atoms with Crippen LogP contribution in [0, 0.1) is 0 Å². The van der Waals surface area contributed by atoms with Crippen molar-refractivity contribution < 1.29 is 28.8 Å². The minimum atomic E-state index is -0.248. The molecule has 0 fully saturated rings. The molecule has 0 bridgehead atoms. The number of fused-ring (bicyclic) bond motifs is 1. The maximum absolute atomic E-state index is 13.0. The van der Waals surface area contributed by atoms with E-state index in [1.165, 1.54) is 21.3 Å². The van der Waals surface area contributed by atoms with E-state index in [1.54, 1.807) is 36.4 Å². The molecule has 3 rings (SSSR count). The highest BCUT2D eigenvalue weighted by Gasteiger charge is 2.32. The molecule has 0 saturated carbocycles. The average Bonchev–Trinajstić information content (AvgIpc) is 2.63. The Balaban J connectivity index is 2.13. The molecule has 25 heavy (non-hydrogen) atoms. The van der Waals surface area contributed by atoms with E-state index in [9.17, 15) is 9.90 Å². The van der Waals surface area contributed by atoms with Gasteiger partial charge in [0.05, 0.1) is 21.3 Å². The molecular weight excluding hydrogens is 324 g/mol. The summed E-state index contributed by atoms with van der Waals surface area (Å²) >= 11 is 0. The Labute approximate surface area is 145 Å². The number of phenolic OH excluding ortho intramolecular Hbond substituents is 1. The fraction of sp³-hybridized carbons (Fsp3) is 0.211. The summed E-state index contributed by atoms with van der Waals surface area (Å²) in [5.74, 6) is 1.21. The molecule has 6 heteroatoms. The molecule has 0 aliphatic carbocycles. The van der Waals surface area contributed by atoms with Crippen molar-refractivity contribution in [1.29, 1.82) is 0 Å². The normalized spacial score (nSPS) is 14.7. The lowest BCUT2D eigenvalue weighted by Crippen LogP contribution is -2.20. The molecule has 1 aliphatic heterocycles. The van der Waals surface area contributed by atoms with E-state index >= 15 is 0 Å². The van der Waals surface area contributed by atoms with Crippen LogP contribution < -0.4 is 18.9 Å². The molecule has 0 amide bonds. The molecule has 130 valence electrons. The monoisotopic (exact) mass is 342 g/mol. The number of ether oxygens (including phenoxy) is 4. The van der Waals surface area contributed by atoms with E-state index in [0.29, 0.717) is 28.4 Å². The smallest absolute Gasteiger partial charge is 0.204 e. The maximum atomic E-state index is 13.0. The van der Waals surface area contributed by atoms with Crippen molar-refractivity contribution in [3.05, 3.63) is 47.0 Å². The van der Waals surface area contributed by atoms with E-state index in [-0.39, 0.29) is 29.5 Å². The van der Waals surface area contributed by atoms with Crippen LogP contribution in [-0.2, 0) is 0 Å². The number of hydrogen-bond donors (Lipinski definition) is 1. The van der Waals surface area contributed by atoms with Crippen LogP contribution in [0.4, 0.5) is 0 Å². The number of methoxy groups -OCH3 is 3. The first-order valence-electron chi connectivity index (χ1n) is 7.59. The number of carbonyl (C=O) groups is 1. The van der Waals surface area contributed by atoms with E-state index in [4.69, 9.17) is 18.9 Å². The number of Topliss-reactive ketones (excluding diaryl/α,β-unsaturated/α-hetero) is 1. The van der Waals surface area contributed by atoms with Gasteiger partial charge in [-0.2, -0.15) is 0 Å². The van der Waals surface area contributed by atoms with Crippen LogP contribution in [-0.4, -0.2) is 38.8 Å². The number of rotatable bonds is 4. The first kappa shape index (κ1) is 16.7. The second kappa shape index (κ2) is 6.76. The zero-order valence-electron chi connectivity index (χ0n) is 14.2. The Morgan fingerprint density at radius 2 is 1.80 bits per heavy atom. The first-order valence-corrected chi connectivity index (χ1v) is 7.59.